The second-order valence-corrected chi connectivity index (χ2v) is 3.41. The Bertz CT molecular complexity index is 420. The molecule has 0 fully saturated rings. The number of rotatable bonds is 3. The summed E-state index contributed by atoms with van der Waals surface area (Å²) in [6.07, 6.45) is 0.122. The van der Waals surface area contributed by atoms with Crippen molar-refractivity contribution in [1.29, 1.82) is 0 Å². The standard InChI is InChI=1S/C11H12FNO3/c12-10-7(8(14)3-4-13)1-2-9-11(10)16-6-5-15-9/h1-2H,3-6,13H2. The topological polar surface area (TPSA) is 61.6 Å². The molecule has 0 aliphatic carbocycles. The highest BCUT2D eigenvalue weighted by atomic mass is 19.1. The summed E-state index contributed by atoms with van der Waals surface area (Å²) in [5.41, 5.74) is 5.26. The average Bonchev–Trinajstić information content (AvgIpc) is 2.30. The van der Waals surface area contributed by atoms with Crippen LogP contribution in [0, 0.1) is 5.82 Å². The molecule has 0 unspecified atom stereocenters. The van der Waals surface area contributed by atoms with E-state index in [1.165, 1.54) is 6.07 Å². The van der Waals surface area contributed by atoms with Gasteiger partial charge in [0.25, 0.3) is 0 Å². The zero-order valence-corrected chi connectivity index (χ0v) is 8.66. The van der Waals surface area contributed by atoms with Crippen molar-refractivity contribution in [1.82, 2.24) is 0 Å². The Morgan fingerprint density at radius 2 is 2.12 bits per heavy atom. The fraction of sp³-hybridized carbons (Fsp3) is 0.364. The lowest BCUT2D eigenvalue weighted by molar-refractivity contribution is 0.0978. The summed E-state index contributed by atoms with van der Waals surface area (Å²) >= 11 is 0. The number of fused-ring (bicyclic) bond motifs is 1. The molecule has 0 aromatic heterocycles. The highest BCUT2D eigenvalue weighted by Crippen LogP contribution is 2.34. The first kappa shape index (κ1) is 10.9. The van der Waals surface area contributed by atoms with Crippen LogP contribution in [-0.4, -0.2) is 25.5 Å². The monoisotopic (exact) mass is 225 g/mol. The predicted octanol–water partition coefficient (Wildman–Crippen LogP) is 1.13. The third kappa shape index (κ3) is 1.86. The molecule has 0 atom stereocenters. The van der Waals surface area contributed by atoms with Gasteiger partial charge in [0.05, 0.1) is 5.56 Å². The molecule has 4 nitrogen and oxygen atoms in total. The van der Waals surface area contributed by atoms with E-state index in [1.807, 2.05) is 0 Å². The van der Waals surface area contributed by atoms with Crippen LogP contribution in [0.3, 0.4) is 0 Å². The van der Waals surface area contributed by atoms with Gasteiger partial charge in [0.2, 0.25) is 0 Å². The number of nitrogens with two attached hydrogens (primary N) is 1. The largest absolute Gasteiger partial charge is 0.486 e. The summed E-state index contributed by atoms with van der Waals surface area (Å²) in [6.45, 7) is 0.883. The van der Waals surface area contributed by atoms with Crippen LogP contribution in [0.1, 0.15) is 16.8 Å². The number of Topliss-reactive ketones (excluding diaryl/α,β-unsaturated/α-hetero) is 1. The van der Waals surface area contributed by atoms with Crippen LogP contribution < -0.4 is 15.2 Å². The summed E-state index contributed by atoms with van der Waals surface area (Å²) in [5, 5.41) is 0. The van der Waals surface area contributed by atoms with Crippen molar-refractivity contribution in [3.05, 3.63) is 23.5 Å². The van der Waals surface area contributed by atoms with Crippen LogP contribution in [0.2, 0.25) is 0 Å². The van der Waals surface area contributed by atoms with E-state index in [1.54, 1.807) is 6.07 Å². The maximum absolute atomic E-state index is 13.9. The molecular formula is C11H12FNO3. The fourth-order valence-corrected chi connectivity index (χ4v) is 1.56. The molecular weight excluding hydrogens is 213 g/mol. The number of hydrogen-bond acceptors (Lipinski definition) is 4. The van der Waals surface area contributed by atoms with E-state index in [0.717, 1.165) is 0 Å². The molecule has 16 heavy (non-hydrogen) atoms. The molecule has 86 valence electrons. The van der Waals surface area contributed by atoms with Gasteiger partial charge in [-0.2, -0.15) is 0 Å². The van der Waals surface area contributed by atoms with Gasteiger partial charge in [0.15, 0.2) is 23.1 Å². The van der Waals surface area contributed by atoms with Crippen LogP contribution in [0.4, 0.5) is 4.39 Å². The maximum atomic E-state index is 13.9. The molecule has 1 aliphatic heterocycles. The zero-order chi connectivity index (χ0) is 11.5. The molecule has 2 rings (SSSR count). The van der Waals surface area contributed by atoms with Crippen molar-refractivity contribution in [3.8, 4) is 11.5 Å². The van der Waals surface area contributed by atoms with Crippen molar-refractivity contribution >= 4 is 5.78 Å². The van der Waals surface area contributed by atoms with Crippen LogP contribution in [0.25, 0.3) is 0 Å². The van der Waals surface area contributed by atoms with Gasteiger partial charge in [-0.1, -0.05) is 0 Å². The highest BCUT2D eigenvalue weighted by molar-refractivity contribution is 5.97. The first-order valence-electron chi connectivity index (χ1n) is 5.05. The molecule has 0 bridgehead atoms. The molecule has 5 heteroatoms. The van der Waals surface area contributed by atoms with Gasteiger partial charge in [-0.05, 0) is 18.7 Å². The molecule has 0 amide bonds. The lowest BCUT2D eigenvalue weighted by atomic mass is 10.1. The minimum atomic E-state index is -0.657. The Morgan fingerprint density at radius 3 is 2.88 bits per heavy atom. The van der Waals surface area contributed by atoms with E-state index in [9.17, 15) is 9.18 Å². The van der Waals surface area contributed by atoms with E-state index in [4.69, 9.17) is 15.2 Å². The SMILES string of the molecule is NCCC(=O)c1ccc2c(c1F)OCCO2. The van der Waals surface area contributed by atoms with Gasteiger partial charge in [0, 0.05) is 6.42 Å². The normalized spacial score (nSPS) is 13.6. The lowest BCUT2D eigenvalue weighted by Gasteiger charge is -2.19. The van der Waals surface area contributed by atoms with Gasteiger partial charge in [-0.15, -0.1) is 0 Å². The van der Waals surface area contributed by atoms with Gasteiger partial charge >= 0.3 is 0 Å². The van der Waals surface area contributed by atoms with E-state index in [0.29, 0.717) is 19.0 Å². The Labute approximate surface area is 92.1 Å². The zero-order valence-electron chi connectivity index (χ0n) is 8.66. The molecule has 1 aromatic rings. The van der Waals surface area contributed by atoms with Crippen molar-refractivity contribution in [3.63, 3.8) is 0 Å². The summed E-state index contributed by atoms with van der Waals surface area (Å²) in [5.74, 6) is -0.616. The Balaban J connectivity index is 2.37. The minimum Gasteiger partial charge on any atom is -0.486 e. The number of carbonyl (C=O) groups is 1. The number of halogens is 1. The number of benzene rings is 1. The molecule has 1 heterocycles. The second-order valence-electron chi connectivity index (χ2n) is 3.41. The van der Waals surface area contributed by atoms with Crippen LogP contribution in [0.5, 0.6) is 11.5 Å². The number of ether oxygens (including phenoxy) is 2. The van der Waals surface area contributed by atoms with Crippen molar-refractivity contribution in [2.75, 3.05) is 19.8 Å². The average molecular weight is 225 g/mol. The number of hydrogen-bond donors (Lipinski definition) is 1. The number of carbonyl (C=O) groups excluding carboxylic acids is 1. The molecule has 0 radical (unpaired) electrons. The summed E-state index contributed by atoms with van der Waals surface area (Å²) in [4.78, 5) is 11.5. The van der Waals surface area contributed by atoms with Crippen LogP contribution >= 0.6 is 0 Å². The Morgan fingerprint density at radius 1 is 1.38 bits per heavy atom. The summed E-state index contributed by atoms with van der Waals surface area (Å²) < 4.78 is 24.2. The van der Waals surface area contributed by atoms with Gasteiger partial charge in [0.1, 0.15) is 13.2 Å². The third-order valence-corrected chi connectivity index (χ3v) is 2.32. The molecule has 2 N–H and O–H groups in total. The summed E-state index contributed by atoms with van der Waals surface area (Å²) in [6, 6.07) is 2.95. The lowest BCUT2D eigenvalue weighted by Crippen LogP contribution is -2.18. The Hall–Kier alpha value is -1.62. The van der Waals surface area contributed by atoms with E-state index < -0.39 is 5.82 Å². The molecule has 1 aromatic carbocycles. The van der Waals surface area contributed by atoms with E-state index in [-0.39, 0.29) is 30.1 Å². The van der Waals surface area contributed by atoms with Crippen molar-refractivity contribution < 1.29 is 18.7 Å². The van der Waals surface area contributed by atoms with E-state index in [2.05, 4.69) is 0 Å². The fourth-order valence-electron chi connectivity index (χ4n) is 1.56. The first-order chi connectivity index (χ1) is 7.74. The first-order valence-corrected chi connectivity index (χ1v) is 5.05. The second kappa shape index (κ2) is 4.49. The smallest absolute Gasteiger partial charge is 0.197 e. The van der Waals surface area contributed by atoms with Gasteiger partial charge < -0.3 is 15.2 Å². The predicted molar refractivity (Wildman–Crippen MR) is 55.4 cm³/mol. The van der Waals surface area contributed by atoms with Crippen LogP contribution in [0.15, 0.2) is 12.1 Å². The minimum absolute atomic E-state index is 0.00898. The van der Waals surface area contributed by atoms with E-state index >= 15 is 0 Å². The third-order valence-electron chi connectivity index (χ3n) is 2.32. The number of ketones is 1. The van der Waals surface area contributed by atoms with Crippen molar-refractivity contribution in [2.24, 2.45) is 5.73 Å². The Kier molecular flexibility index (Phi) is 3.05. The molecule has 0 spiro atoms. The van der Waals surface area contributed by atoms with Crippen LogP contribution in [-0.2, 0) is 0 Å². The highest BCUT2D eigenvalue weighted by Gasteiger charge is 2.22. The molecule has 0 saturated carbocycles. The van der Waals surface area contributed by atoms with Crippen molar-refractivity contribution in [2.45, 2.75) is 6.42 Å². The quantitative estimate of drug-likeness (QED) is 0.783. The summed E-state index contributed by atoms with van der Waals surface area (Å²) in [7, 11) is 0. The van der Waals surface area contributed by atoms with Gasteiger partial charge in [-0.25, -0.2) is 4.39 Å². The molecule has 1 aliphatic rings. The molecule has 0 saturated heterocycles. The van der Waals surface area contributed by atoms with Gasteiger partial charge in [-0.3, -0.25) is 4.79 Å². The maximum Gasteiger partial charge on any atom is 0.197 e.